The van der Waals surface area contributed by atoms with Gasteiger partial charge in [0.15, 0.2) is 11.5 Å². The number of benzene rings is 1. The number of fused-ring (bicyclic) bond motifs is 1. The molecule has 3 rings (SSSR count). The van der Waals surface area contributed by atoms with E-state index in [9.17, 15) is 4.21 Å². The van der Waals surface area contributed by atoms with Crippen LogP contribution in [-0.4, -0.2) is 22.4 Å². The van der Waals surface area contributed by atoms with Gasteiger partial charge in [-0.25, -0.2) is 4.98 Å². The zero-order valence-electron chi connectivity index (χ0n) is 11.1. The van der Waals surface area contributed by atoms with Gasteiger partial charge >= 0.3 is 0 Å². The number of nitriles is 1. The second-order valence-electron chi connectivity index (χ2n) is 4.42. The van der Waals surface area contributed by atoms with Crippen LogP contribution < -0.4 is 9.47 Å². The summed E-state index contributed by atoms with van der Waals surface area (Å²) in [6.45, 7) is 1.01. The van der Waals surface area contributed by atoms with Crippen LogP contribution in [0.15, 0.2) is 41.4 Å². The van der Waals surface area contributed by atoms with Crippen LogP contribution in [0.25, 0.3) is 0 Å². The van der Waals surface area contributed by atoms with Gasteiger partial charge in [0.05, 0.1) is 16.6 Å². The molecule has 1 aromatic heterocycles. The average molecular weight is 300 g/mol. The molecular weight excluding hydrogens is 288 g/mol. The Hall–Kier alpha value is -2.39. The lowest BCUT2D eigenvalue weighted by atomic mass is 10.2. The van der Waals surface area contributed by atoms with Gasteiger partial charge in [-0.05, 0) is 18.2 Å². The van der Waals surface area contributed by atoms with Crippen molar-refractivity contribution in [2.24, 2.45) is 0 Å². The number of ether oxygens (including phenoxy) is 2. The first-order chi connectivity index (χ1) is 10.3. The molecule has 1 aromatic carbocycles. The summed E-state index contributed by atoms with van der Waals surface area (Å²) < 4.78 is 23.4. The van der Waals surface area contributed by atoms with Crippen LogP contribution >= 0.6 is 0 Å². The first-order valence-electron chi connectivity index (χ1n) is 6.40. The minimum absolute atomic E-state index is 0.246. The van der Waals surface area contributed by atoms with Crippen LogP contribution in [0.2, 0.25) is 0 Å². The lowest BCUT2D eigenvalue weighted by molar-refractivity contribution is 0.171. The van der Waals surface area contributed by atoms with E-state index in [1.807, 2.05) is 6.07 Å². The van der Waals surface area contributed by atoms with Crippen molar-refractivity contribution in [3.8, 4) is 17.6 Å². The summed E-state index contributed by atoms with van der Waals surface area (Å²) in [6, 6.07) is 10.8. The van der Waals surface area contributed by atoms with Gasteiger partial charge in [0.2, 0.25) is 0 Å². The van der Waals surface area contributed by atoms with Gasteiger partial charge < -0.3 is 9.47 Å². The average Bonchev–Trinajstić information content (AvgIpc) is 2.55. The maximum atomic E-state index is 12.4. The van der Waals surface area contributed by atoms with Gasteiger partial charge in [0, 0.05) is 22.7 Å². The summed E-state index contributed by atoms with van der Waals surface area (Å²) >= 11 is 0. The van der Waals surface area contributed by atoms with Crippen molar-refractivity contribution in [3.05, 3.63) is 47.8 Å². The molecule has 0 saturated heterocycles. The Balaban J connectivity index is 1.84. The fourth-order valence-corrected chi connectivity index (χ4v) is 3.19. The quantitative estimate of drug-likeness (QED) is 0.867. The first kappa shape index (κ1) is 13.6. The first-order valence-corrected chi connectivity index (χ1v) is 7.72. The normalized spacial score (nSPS) is 14.2. The molecule has 0 aliphatic carbocycles. The summed E-state index contributed by atoms with van der Waals surface area (Å²) in [7, 11) is -1.27. The molecule has 0 radical (unpaired) electrons. The second-order valence-corrected chi connectivity index (χ2v) is 5.87. The van der Waals surface area contributed by atoms with Crippen LogP contribution in [0.5, 0.6) is 11.5 Å². The van der Waals surface area contributed by atoms with Crippen LogP contribution in [0, 0.1) is 11.3 Å². The fourth-order valence-electron chi connectivity index (χ4n) is 2.05. The number of nitrogens with zero attached hydrogens (tertiary/aromatic N) is 2. The maximum absolute atomic E-state index is 12.4. The van der Waals surface area contributed by atoms with Gasteiger partial charge in [-0.3, -0.25) is 4.21 Å². The van der Waals surface area contributed by atoms with E-state index in [0.29, 0.717) is 40.9 Å². The largest absolute Gasteiger partial charge is 0.486 e. The van der Waals surface area contributed by atoms with Crippen molar-refractivity contribution < 1.29 is 13.7 Å². The van der Waals surface area contributed by atoms with E-state index in [1.165, 1.54) is 0 Å². The summed E-state index contributed by atoms with van der Waals surface area (Å²) in [5.74, 6) is 1.52. The van der Waals surface area contributed by atoms with Crippen molar-refractivity contribution in [2.45, 2.75) is 10.6 Å². The molecule has 21 heavy (non-hydrogen) atoms. The SMILES string of the molecule is N#Cc1ncccc1CS(=O)c1ccc2c(c1)OCCO2. The number of pyridine rings is 1. The molecule has 0 amide bonds. The van der Waals surface area contributed by atoms with Crippen molar-refractivity contribution in [2.75, 3.05) is 13.2 Å². The Kier molecular flexibility index (Phi) is 3.84. The van der Waals surface area contributed by atoms with E-state index in [1.54, 1.807) is 36.5 Å². The summed E-state index contributed by atoms with van der Waals surface area (Å²) in [5.41, 5.74) is 0.983. The molecular formula is C15H12N2O3S. The van der Waals surface area contributed by atoms with E-state index < -0.39 is 10.8 Å². The van der Waals surface area contributed by atoms with Gasteiger partial charge in [-0.2, -0.15) is 5.26 Å². The highest BCUT2D eigenvalue weighted by Gasteiger charge is 2.15. The van der Waals surface area contributed by atoms with E-state index in [0.717, 1.165) is 0 Å². The molecule has 6 heteroatoms. The fraction of sp³-hybridized carbons (Fsp3) is 0.200. The Morgan fingerprint density at radius 3 is 2.86 bits per heavy atom. The van der Waals surface area contributed by atoms with Gasteiger partial charge in [0.1, 0.15) is 25.0 Å². The summed E-state index contributed by atoms with van der Waals surface area (Å²) in [6.07, 6.45) is 1.55. The van der Waals surface area contributed by atoms with E-state index in [4.69, 9.17) is 14.7 Å². The van der Waals surface area contributed by atoms with Crippen molar-refractivity contribution in [1.29, 1.82) is 5.26 Å². The standard InChI is InChI=1S/C15H12N2O3S/c16-9-13-11(2-1-5-17-13)10-21(18)12-3-4-14-15(8-12)20-7-6-19-14/h1-5,8H,6-7,10H2. The molecule has 0 saturated carbocycles. The highest BCUT2D eigenvalue weighted by molar-refractivity contribution is 7.84. The van der Waals surface area contributed by atoms with Crippen molar-refractivity contribution in [1.82, 2.24) is 4.98 Å². The van der Waals surface area contributed by atoms with Gasteiger partial charge in [-0.15, -0.1) is 0 Å². The molecule has 1 aliphatic heterocycles. The highest BCUT2D eigenvalue weighted by atomic mass is 32.2. The minimum Gasteiger partial charge on any atom is -0.486 e. The molecule has 1 unspecified atom stereocenters. The predicted molar refractivity (Wildman–Crippen MR) is 76.5 cm³/mol. The van der Waals surface area contributed by atoms with E-state index in [-0.39, 0.29) is 5.75 Å². The Morgan fingerprint density at radius 2 is 2.05 bits per heavy atom. The number of rotatable bonds is 3. The smallest absolute Gasteiger partial charge is 0.162 e. The highest BCUT2D eigenvalue weighted by Crippen LogP contribution is 2.32. The van der Waals surface area contributed by atoms with E-state index in [2.05, 4.69) is 4.98 Å². The molecule has 2 aromatic rings. The van der Waals surface area contributed by atoms with Crippen LogP contribution in [-0.2, 0) is 16.6 Å². The Morgan fingerprint density at radius 1 is 1.24 bits per heavy atom. The van der Waals surface area contributed by atoms with Crippen LogP contribution in [0.3, 0.4) is 0 Å². The number of aromatic nitrogens is 1. The molecule has 0 N–H and O–H groups in total. The zero-order chi connectivity index (χ0) is 14.7. The van der Waals surface area contributed by atoms with E-state index >= 15 is 0 Å². The lowest BCUT2D eigenvalue weighted by Crippen LogP contribution is -2.15. The monoisotopic (exact) mass is 300 g/mol. The van der Waals surface area contributed by atoms with Crippen LogP contribution in [0.1, 0.15) is 11.3 Å². The topological polar surface area (TPSA) is 72.2 Å². The van der Waals surface area contributed by atoms with Crippen LogP contribution in [0.4, 0.5) is 0 Å². The number of hydrogen-bond donors (Lipinski definition) is 0. The van der Waals surface area contributed by atoms with Gasteiger partial charge in [0.25, 0.3) is 0 Å². The molecule has 5 nitrogen and oxygen atoms in total. The van der Waals surface area contributed by atoms with Gasteiger partial charge in [-0.1, -0.05) is 6.07 Å². The maximum Gasteiger partial charge on any atom is 0.162 e. The third-order valence-electron chi connectivity index (χ3n) is 3.06. The molecule has 0 bridgehead atoms. The molecule has 106 valence electrons. The van der Waals surface area contributed by atoms with Crippen molar-refractivity contribution >= 4 is 10.8 Å². The second kappa shape index (κ2) is 5.94. The molecule has 1 atom stereocenters. The minimum atomic E-state index is -1.27. The molecule has 0 fully saturated rings. The third-order valence-corrected chi connectivity index (χ3v) is 4.41. The predicted octanol–water partition coefficient (Wildman–Crippen LogP) is 2.03. The summed E-state index contributed by atoms with van der Waals surface area (Å²) in [5, 5.41) is 9.01. The van der Waals surface area contributed by atoms with Crippen molar-refractivity contribution in [3.63, 3.8) is 0 Å². The Bertz CT molecular complexity index is 740. The zero-order valence-corrected chi connectivity index (χ0v) is 11.9. The molecule has 1 aliphatic rings. The Labute approximate surface area is 124 Å². The lowest BCUT2D eigenvalue weighted by Gasteiger charge is -2.18. The molecule has 0 spiro atoms. The number of hydrogen-bond acceptors (Lipinski definition) is 5. The summed E-state index contributed by atoms with van der Waals surface area (Å²) in [4.78, 5) is 4.62. The third kappa shape index (κ3) is 2.88. The molecule has 2 heterocycles.